The summed E-state index contributed by atoms with van der Waals surface area (Å²) in [6, 6.07) is 8.54. The Bertz CT molecular complexity index is 1040. The van der Waals surface area contributed by atoms with Gasteiger partial charge in [-0.05, 0) is 25.0 Å². The van der Waals surface area contributed by atoms with Gasteiger partial charge in [-0.2, -0.15) is 0 Å². The van der Waals surface area contributed by atoms with Crippen molar-refractivity contribution in [3.05, 3.63) is 42.4 Å². The van der Waals surface area contributed by atoms with Crippen LogP contribution in [0.4, 0.5) is 5.13 Å². The molecule has 2 aliphatic rings. The van der Waals surface area contributed by atoms with Crippen molar-refractivity contribution in [2.45, 2.75) is 43.7 Å². The molecule has 1 aliphatic heterocycles. The van der Waals surface area contributed by atoms with Gasteiger partial charge >= 0.3 is 0 Å². The van der Waals surface area contributed by atoms with Crippen LogP contribution in [0.2, 0.25) is 0 Å². The SMILES string of the molecule is COCC(=O)N1CCC(c2nccnc2OC2CC(Nc3nc4ccccc4s3)C2)CC1. The zero-order valence-corrected chi connectivity index (χ0v) is 18.9. The molecule has 3 heterocycles. The molecule has 1 aliphatic carbocycles. The fourth-order valence-electron chi connectivity index (χ4n) is 4.37. The zero-order chi connectivity index (χ0) is 21.9. The first-order valence-corrected chi connectivity index (χ1v) is 11.9. The van der Waals surface area contributed by atoms with E-state index in [-0.39, 0.29) is 24.5 Å². The highest BCUT2D eigenvalue weighted by Gasteiger charge is 2.34. The van der Waals surface area contributed by atoms with E-state index in [1.54, 1.807) is 30.8 Å². The number of para-hydroxylation sites is 1. The molecule has 1 saturated carbocycles. The predicted molar refractivity (Wildman–Crippen MR) is 123 cm³/mol. The monoisotopic (exact) mass is 453 g/mol. The summed E-state index contributed by atoms with van der Waals surface area (Å²) < 4.78 is 12.4. The summed E-state index contributed by atoms with van der Waals surface area (Å²) in [7, 11) is 1.55. The Kier molecular flexibility index (Phi) is 6.18. The van der Waals surface area contributed by atoms with Crippen molar-refractivity contribution in [1.29, 1.82) is 0 Å². The molecule has 0 bridgehead atoms. The zero-order valence-electron chi connectivity index (χ0n) is 18.1. The van der Waals surface area contributed by atoms with Gasteiger partial charge in [-0.3, -0.25) is 9.78 Å². The largest absolute Gasteiger partial charge is 0.473 e. The van der Waals surface area contributed by atoms with Gasteiger partial charge in [-0.15, -0.1) is 0 Å². The smallest absolute Gasteiger partial charge is 0.248 e. The second kappa shape index (κ2) is 9.38. The summed E-state index contributed by atoms with van der Waals surface area (Å²) in [5.74, 6) is 0.933. The van der Waals surface area contributed by atoms with Crippen molar-refractivity contribution in [2.75, 3.05) is 32.1 Å². The third-order valence-corrected chi connectivity index (χ3v) is 7.16. The van der Waals surface area contributed by atoms with Crippen LogP contribution in [0.15, 0.2) is 36.7 Å². The molecule has 1 N–H and O–H groups in total. The Balaban J connectivity index is 1.15. The van der Waals surface area contributed by atoms with E-state index < -0.39 is 0 Å². The average Bonchev–Trinajstić information content (AvgIpc) is 3.21. The lowest BCUT2D eigenvalue weighted by atomic mass is 9.89. The van der Waals surface area contributed by atoms with E-state index in [0.29, 0.717) is 25.0 Å². The molecule has 3 aromatic rings. The highest BCUT2D eigenvalue weighted by molar-refractivity contribution is 7.22. The first-order valence-electron chi connectivity index (χ1n) is 11.1. The Morgan fingerprint density at radius 3 is 2.75 bits per heavy atom. The minimum atomic E-state index is 0.0442. The molecule has 8 nitrogen and oxygen atoms in total. The number of thiazole rings is 1. The Hall–Kier alpha value is -2.78. The molecule has 5 rings (SSSR count). The number of fused-ring (bicyclic) bond motifs is 1. The molecule has 1 saturated heterocycles. The topological polar surface area (TPSA) is 89.5 Å². The number of ether oxygens (including phenoxy) is 2. The Labute approximate surface area is 191 Å². The Morgan fingerprint density at radius 1 is 1.19 bits per heavy atom. The highest BCUT2D eigenvalue weighted by Crippen LogP contribution is 2.35. The number of likely N-dealkylation sites (tertiary alicyclic amines) is 1. The molecule has 2 aromatic heterocycles. The molecule has 0 spiro atoms. The van der Waals surface area contributed by atoms with E-state index in [9.17, 15) is 4.79 Å². The van der Waals surface area contributed by atoms with Crippen LogP contribution in [-0.4, -0.2) is 64.7 Å². The molecule has 0 atom stereocenters. The maximum atomic E-state index is 12.1. The lowest BCUT2D eigenvalue weighted by Gasteiger charge is -2.36. The van der Waals surface area contributed by atoms with E-state index in [2.05, 4.69) is 26.3 Å². The fourth-order valence-corrected chi connectivity index (χ4v) is 5.31. The third kappa shape index (κ3) is 4.54. The number of aromatic nitrogens is 3. The van der Waals surface area contributed by atoms with E-state index in [0.717, 1.165) is 42.0 Å². The van der Waals surface area contributed by atoms with Gasteiger partial charge in [0, 0.05) is 57.4 Å². The van der Waals surface area contributed by atoms with Crippen LogP contribution < -0.4 is 10.1 Å². The van der Waals surface area contributed by atoms with Gasteiger partial charge in [0.2, 0.25) is 11.8 Å². The maximum absolute atomic E-state index is 12.1. The van der Waals surface area contributed by atoms with Crippen LogP contribution in [0.1, 0.15) is 37.3 Å². The molecule has 1 amide bonds. The van der Waals surface area contributed by atoms with Crippen LogP contribution in [0.3, 0.4) is 0 Å². The van der Waals surface area contributed by atoms with Crippen molar-refractivity contribution < 1.29 is 14.3 Å². The number of nitrogens with zero attached hydrogens (tertiary/aromatic N) is 4. The van der Waals surface area contributed by atoms with Crippen molar-refractivity contribution in [3.63, 3.8) is 0 Å². The van der Waals surface area contributed by atoms with Crippen molar-refractivity contribution >= 4 is 32.6 Å². The molecule has 0 radical (unpaired) electrons. The maximum Gasteiger partial charge on any atom is 0.248 e. The Morgan fingerprint density at radius 2 is 1.97 bits per heavy atom. The summed E-state index contributed by atoms with van der Waals surface area (Å²) in [4.78, 5) is 27.6. The minimum Gasteiger partial charge on any atom is -0.473 e. The average molecular weight is 454 g/mol. The number of carbonyl (C=O) groups excluding carboxylic acids is 1. The van der Waals surface area contributed by atoms with E-state index in [1.807, 2.05) is 23.1 Å². The standard InChI is InChI=1S/C23H27N5O3S/c1-30-14-20(29)28-10-6-15(7-11-28)21-22(25-9-8-24-21)31-17-12-16(13-17)26-23-27-18-4-2-3-5-19(18)32-23/h2-5,8-9,15-17H,6-7,10-14H2,1H3,(H,26,27). The highest BCUT2D eigenvalue weighted by atomic mass is 32.1. The molecule has 9 heteroatoms. The van der Waals surface area contributed by atoms with Gasteiger partial charge in [0.05, 0.1) is 10.2 Å². The minimum absolute atomic E-state index is 0.0442. The van der Waals surface area contributed by atoms with Crippen molar-refractivity contribution in [1.82, 2.24) is 19.9 Å². The van der Waals surface area contributed by atoms with Crippen LogP contribution in [0, 0.1) is 0 Å². The van der Waals surface area contributed by atoms with Crippen molar-refractivity contribution in [2.24, 2.45) is 0 Å². The number of methoxy groups -OCH3 is 1. The number of benzene rings is 1. The number of rotatable bonds is 7. The molecule has 168 valence electrons. The number of amides is 1. The normalized spacial score (nSPS) is 21.3. The molecule has 2 fully saturated rings. The van der Waals surface area contributed by atoms with Gasteiger partial charge in [0.15, 0.2) is 5.13 Å². The fraction of sp³-hybridized carbons (Fsp3) is 0.478. The molecular weight excluding hydrogens is 426 g/mol. The van der Waals surface area contributed by atoms with Gasteiger partial charge < -0.3 is 19.7 Å². The van der Waals surface area contributed by atoms with Crippen LogP contribution in [0.5, 0.6) is 5.88 Å². The number of nitrogens with one attached hydrogen (secondary N) is 1. The van der Waals surface area contributed by atoms with Gasteiger partial charge in [-0.1, -0.05) is 23.5 Å². The summed E-state index contributed by atoms with van der Waals surface area (Å²) in [6.07, 6.45) is 7.08. The van der Waals surface area contributed by atoms with E-state index in [4.69, 9.17) is 9.47 Å². The lowest BCUT2D eigenvalue weighted by Crippen LogP contribution is -2.43. The second-order valence-electron chi connectivity index (χ2n) is 8.37. The number of hydrogen-bond donors (Lipinski definition) is 1. The first kappa shape index (κ1) is 21.1. The number of anilines is 1. The molecule has 0 unspecified atom stereocenters. The molecular formula is C23H27N5O3S. The summed E-state index contributed by atoms with van der Waals surface area (Å²) in [5.41, 5.74) is 1.94. The van der Waals surface area contributed by atoms with Crippen LogP contribution in [0.25, 0.3) is 10.2 Å². The molecule has 32 heavy (non-hydrogen) atoms. The lowest BCUT2D eigenvalue weighted by molar-refractivity contribution is -0.136. The first-order chi connectivity index (χ1) is 15.7. The number of hydrogen-bond acceptors (Lipinski definition) is 8. The number of piperidine rings is 1. The number of carbonyl (C=O) groups is 1. The van der Waals surface area contributed by atoms with E-state index >= 15 is 0 Å². The second-order valence-corrected chi connectivity index (χ2v) is 9.40. The quantitative estimate of drug-likeness (QED) is 0.586. The van der Waals surface area contributed by atoms with Crippen molar-refractivity contribution in [3.8, 4) is 5.88 Å². The predicted octanol–water partition coefficient (Wildman–Crippen LogP) is 3.46. The van der Waals surface area contributed by atoms with Crippen LogP contribution >= 0.6 is 11.3 Å². The third-order valence-electron chi connectivity index (χ3n) is 6.19. The van der Waals surface area contributed by atoms with Gasteiger partial charge in [-0.25, -0.2) is 9.97 Å². The summed E-state index contributed by atoms with van der Waals surface area (Å²) >= 11 is 1.69. The molecule has 1 aromatic carbocycles. The van der Waals surface area contributed by atoms with Gasteiger partial charge in [0.1, 0.15) is 18.4 Å². The van der Waals surface area contributed by atoms with Crippen LogP contribution in [-0.2, 0) is 9.53 Å². The van der Waals surface area contributed by atoms with E-state index in [1.165, 1.54) is 4.70 Å². The summed E-state index contributed by atoms with van der Waals surface area (Å²) in [5, 5.41) is 4.49. The summed E-state index contributed by atoms with van der Waals surface area (Å²) in [6.45, 7) is 1.55. The van der Waals surface area contributed by atoms with Gasteiger partial charge in [0.25, 0.3) is 0 Å².